The van der Waals surface area contributed by atoms with Crippen molar-refractivity contribution in [1.82, 2.24) is 9.88 Å². The van der Waals surface area contributed by atoms with Gasteiger partial charge in [-0.3, -0.25) is 14.6 Å². The summed E-state index contributed by atoms with van der Waals surface area (Å²) in [6, 6.07) is 13.8. The molecule has 1 saturated heterocycles. The van der Waals surface area contributed by atoms with E-state index in [0.717, 1.165) is 11.1 Å². The van der Waals surface area contributed by atoms with Gasteiger partial charge in [0.15, 0.2) is 0 Å². The van der Waals surface area contributed by atoms with E-state index in [1.807, 2.05) is 47.6 Å². The lowest BCUT2D eigenvalue weighted by Crippen LogP contribution is -2.36. The quantitative estimate of drug-likeness (QED) is 0.247. The molecule has 1 amide bonds. The summed E-state index contributed by atoms with van der Waals surface area (Å²) in [5.74, 6) is -1.31. The second kappa shape index (κ2) is 9.78. The Morgan fingerprint density at radius 1 is 1.14 bits per heavy atom. The average Bonchev–Trinajstić information content (AvgIpc) is 3.45. The fourth-order valence-electron chi connectivity index (χ4n) is 4.42. The minimum absolute atomic E-state index is 0.0129. The first-order chi connectivity index (χ1) is 16.7. The minimum atomic E-state index is -0.739. The summed E-state index contributed by atoms with van der Waals surface area (Å²) in [5.41, 5.74) is 2.14. The number of benzene rings is 2. The summed E-state index contributed by atoms with van der Waals surface area (Å²) in [5, 5.41) is 13.6. The highest BCUT2D eigenvalue weighted by Gasteiger charge is 2.44. The lowest BCUT2D eigenvalue weighted by molar-refractivity contribution is -0.695. The van der Waals surface area contributed by atoms with E-state index in [0.29, 0.717) is 30.8 Å². The minimum Gasteiger partial charge on any atom is -0.872 e. The van der Waals surface area contributed by atoms with E-state index >= 15 is 0 Å². The van der Waals surface area contributed by atoms with Crippen LogP contribution in [0.15, 0.2) is 72.8 Å². The molecular formula is C28H31N3O4. The SMILES string of the molecule is COc1cccc(C([O-])=C2C(=O)C(=O)N(CCC[n+]3cc[nH]c3)C2c2ccc(C(C)(C)C)cc2)c1. The molecule has 4 rings (SSSR count). The zero-order chi connectivity index (χ0) is 25.2. The molecular weight excluding hydrogens is 442 g/mol. The van der Waals surface area contributed by atoms with Crippen molar-refractivity contribution in [2.75, 3.05) is 13.7 Å². The van der Waals surface area contributed by atoms with E-state index in [4.69, 9.17) is 4.74 Å². The Labute approximate surface area is 205 Å². The zero-order valence-electron chi connectivity index (χ0n) is 20.6. The van der Waals surface area contributed by atoms with Gasteiger partial charge in [-0.1, -0.05) is 62.9 Å². The van der Waals surface area contributed by atoms with Crippen LogP contribution in [0.3, 0.4) is 0 Å². The molecule has 3 aromatic rings. The van der Waals surface area contributed by atoms with Crippen LogP contribution in [0.2, 0.25) is 0 Å². The number of nitrogens with one attached hydrogen (secondary N) is 1. The van der Waals surface area contributed by atoms with E-state index < -0.39 is 23.5 Å². The molecule has 1 fully saturated rings. The molecule has 0 bridgehead atoms. The molecule has 1 N–H and O–H groups in total. The predicted molar refractivity (Wildman–Crippen MR) is 130 cm³/mol. The van der Waals surface area contributed by atoms with Crippen LogP contribution in [0.5, 0.6) is 5.75 Å². The van der Waals surface area contributed by atoms with Crippen molar-refractivity contribution in [3.63, 3.8) is 0 Å². The maximum atomic E-state index is 13.6. The number of aryl methyl sites for hydroxylation is 1. The summed E-state index contributed by atoms with van der Waals surface area (Å²) in [6.07, 6.45) is 6.20. The highest BCUT2D eigenvalue weighted by atomic mass is 16.5. The number of imidazole rings is 1. The van der Waals surface area contributed by atoms with Crippen molar-refractivity contribution >= 4 is 17.4 Å². The van der Waals surface area contributed by atoms with Gasteiger partial charge in [-0.25, -0.2) is 4.57 Å². The van der Waals surface area contributed by atoms with E-state index in [1.165, 1.54) is 12.0 Å². The van der Waals surface area contributed by atoms with Crippen molar-refractivity contribution in [3.05, 3.63) is 89.5 Å². The van der Waals surface area contributed by atoms with Crippen LogP contribution in [-0.4, -0.2) is 35.2 Å². The van der Waals surface area contributed by atoms with Gasteiger partial charge in [0.2, 0.25) is 12.1 Å². The Morgan fingerprint density at radius 3 is 2.51 bits per heavy atom. The van der Waals surface area contributed by atoms with Crippen molar-refractivity contribution in [1.29, 1.82) is 0 Å². The van der Waals surface area contributed by atoms with Gasteiger partial charge in [0.1, 0.15) is 18.1 Å². The van der Waals surface area contributed by atoms with Crippen molar-refractivity contribution in [2.24, 2.45) is 0 Å². The first-order valence-corrected chi connectivity index (χ1v) is 11.7. The third kappa shape index (κ3) is 4.99. The van der Waals surface area contributed by atoms with Gasteiger partial charge < -0.3 is 14.7 Å². The molecule has 1 aliphatic heterocycles. The number of amides is 1. The van der Waals surface area contributed by atoms with Gasteiger partial charge in [-0.15, -0.1) is 0 Å². The Hall–Kier alpha value is -3.87. The lowest BCUT2D eigenvalue weighted by Gasteiger charge is -2.28. The number of hydrogen-bond acceptors (Lipinski definition) is 4. The van der Waals surface area contributed by atoms with Crippen molar-refractivity contribution < 1.29 is 24.0 Å². The van der Waals surface area contributed by atoms with E-state index in [2.05, 4.69) is 25.8 Å². The molecule has 0 aliphatic carbocycles. The number of ketones is 1. The standard InChI is InChI=1S/C28H31N3O4/c1-28(2,3)21-11-9-19(10-12-21)24-23(25(32)20-7-5-8-22(17-20)35-4)26(33)27(34)31(24)15-6-14-30-16-13-29-18-30/h5,7-13,16-18,24H,6,14-15H2,1-4H3,(H,32,33). The van der Waals surface area contributed by atoms with Crippen LogP contribution in [0.4, 0.5) is 0 Å². The van der Waals surface area contributed by atoms with Crippen molar-refractivity contribution in [3.8, 4) is 5.75 Å². The van der Waals surface area contributed by atoms with E-state index in [1.54, 1.807) is 24.3 Å². The number of Topliss-reactive ketones (excluding diaryl/α,β-unsaturated/α-hetero) is 1. The molecule has 35 heavy (non-hydrogen) atoms. The van der Waals surface area contributed by atoms with Gasteiger partial charge in [0, 0.05) is 18.5 Å². The molecule has 2 aromatic carbocycles. The molecule has 7 nitrogen and oxygen atoms in total. The lowest BCUT2D eigenvalue weighted by atomic mass is 9.85. The van der Waals surface area contributed by atoms with Crippen LogP contribution >= 0.6 is 0 Å². The number of carbonyl (C=O) groups excluding carboxylic acids is 2. The van der Waals surface area contributed by atoms with Crippen LogP contribution in [0.25, 0.3) is 5.76 Å². The van der Waals surface area contributed by atoms with Crippen LogP contribution in [-0.2, 0) is 21.5 Å². The van der Waals surface area contributed by atoms with Gasteiger partial charge >= 0.3 is 0 Å². The maximum Gasteiger partial charge on any atom is 0.295 e. The smallest absolute Gasteiger partial charge is 0.295 e. The van der Waals surface area contributed by atoms with Crippen LogP contribution < -0.4 is 14.4 Å². The Balaban J connectivity index is 1.75. The number of likely N-dealkylation sites (tertiary alicyclic amines) is 1. The molecule has 1 unspecified atom stereocenters. The van der Waals surface area contributed by atoms with Gasteiger partial charge in [-0.05, 0) is 34.2 Å². The number of H-pyrrole nitrogens is 1. The van der Waals surface area contributed by atoms with Crippen LogP contribution in [0, 0.1) is 0 Å². The van der Waals surface area contributed by atoms with Crippen LogP contribution in [0.1, 0.15) is 49.9 Å². The number of aromatic amines is 1. The number of rotatable bonds is 7. The summed E-state index contributed by atoms with van der Waals surface area (Å²) < 4.78 is 7.23. The Kier molecular flexibility index (Phi) is 6.78. The highest BCUT2D eigenvalue weighted by molar-refractivity contribution is 6.46. The topological polar surface area (TPSA) is 89.3 Å². The third-order valence-electron chi connectivity index (χ3n) is 6.37. The molecule has 0 saturated carbocycles. The summed E-state index contributed by atoms with van der Waals surface area (Å²) in [7, 11) is 1.52. The summed E-state index contributed by atoms with van der Waals surface area (Å²) in [4.78, 5) is 30.9. The molecule has 7 heteroatoms. The Bertz CT molecular complexity index is 1240. The predicted octanol–water partition coefficient (Wildman–Crippen LogP) is 2.92. The molecule has 1 aromatic heterocycles. The Morgan fingerprint density at radius 2 is 1.89 bits per heavy atom. The number of nitrogens with zero attached hydrogens (tertiary/aromatic N) is 2. The van der Waals surface area contributed by atoms with Crippen molar-refractivity contribution in [2.45, 2.75) is 45.2 Å². The molecule has 182 valence electrons. The summed E-state index contributed by atoms with van der Waals surface area (Å²) >= 11 is 0. The second-order valence-electron chi connectivity index (χ2n) is 9.78. The molecule has 0 spiro atoms. The molecule has 2 heterocycles. The number of ether oxygens (including phenoxy) is 1. The van der Waals surface area contributed by atoms with Gasteiger partial charge in [0.05, 0.1) is 19.7 Å². The first kappa shape index (κ1) is 24.3. The molecule has 1 atom stereocenters. The molecule has 1 aliphatic rings. The number of carbonyl (C=O) groups is 2. The first-order valence-electron chi connectivity index (χ1n) is 11.7. The van der Waals surface area contributed by atoms with E-state index in [9.17, 15) is 14.7 Å². The number of hydrogen-bond donors (Lipinski definition) is 1. The largest absolute Gasteiger partial charge is 0.872 e. The average molecular weight is 474 g/mol. The zero-order valence-corrected chi connectivity index (χ0v) is 20.6. The number of methoxy groups -OCH3 is 1. The van der Waals surface area contributed by atoms with Gasteiger partial charge in [-0.2, -0.15) is 0 Å². The number of aromatic nitrogens is 2. The van der Waals surface area contributed by atoms with E-state index in [-0.39, 0.29) is 11.0 Å². The maximum absolute atomic E-state index is 13.6. The molecule has 0 radical (unpaired) electrons. The fourth-order valence-corrected chi connectivity index (χ4v) is 4.42. The second-order valence-corrected chi connectivity index (χ2v) is 9.78. The van der Waals surface area contributed by atoms with Gasteiger partial charge in [0.25, 0.3) is 5.91 Å². The normalized spacial score (nSPS) is 17.7. The summed E-state index contributed by atoms with van der Waals surface area (Å²) in [6.45, 7) is 7.40. The fraction of sp³-hybridized carbons (Fsp3) is 0.321. The monoisotopic (exact) mass is 473 g/mol. The highest BCUT2D eigenvalue weighted by Crippen LogP contribution is 2.39. The third-order valence-corrected chi connectivity index (χ3v) is 6.37.